The molecule has 0 nitrogen and oxygen atoms in total. The van der Waals surface area contributed by atoms with Crippen LogP contribution in [0.1, 0.15) is 188 Å². The lowest BCUT2D eigenvalue weighted by Crippen LogP contribution is -2.29. The van der Waals surface area contributed by atoms with Crippen molar-refractivity contribution in [1.29, 1.82) is 0 Å². The third-order valence-electron chi connectivity index (χ3n) is 8.37. The van der Waals surface area contributed by atoms with Gasteiger partial charge in [-0.3, -0.25) is 0 Å². The zero-order chi connectivity index (χ0) is 30.7. The van der Waals surface area contributed by atoms with Crippen LogP contribution in [0.3, 0.4) is 0 Å². The molecule has 0 heteroatoms. The molecule has 2 rings (SSSR count). The summed E-state index contributed by atoms with van der Waals surface area (Å²) in [7, 11) is 0. The van der Waals surface area contributed by atoms with Crippen molar-refractivity contribution in [2.75, 3.05) is 0 Å². The van der Waals surface area contributed by atoms with Crippen LogP contribution in [0.2, 0.25) is 0 Å². The quantitative estimate of drug-likeness (QED) is 0.369. The predicted molar refractivity (Wildman–Crippen MR) is 177 cm³/mol. The highest BCUT2D eigenvalue weighted by Gasteiger charge is 2.36. The Kier molecular flexibility index (Phi) is 8.94. The Morgan fingerprint density at radius 3 is 1.15 bits per heavy atom. The van der Waals surface area contributed by atoms with E-state index in [-0.39, 0.29) is 32.5 Å². The number of hydrogen-bond donors (Lipinski definition) is 0. The van der Waals surface area contributed by atoms with Crippen LogP contribution in [-0.2, 0) is 32.5 Å². The van der Waals surface area contributed by atoms with Crippen LogP contribution >= 0.6 is 0 Å². The largest absolute Gasteiger partial charge is 0.0645 e. The molecule has 0 fully saturated rings. The second-order valence-electron chi connectivity index (χ2n) is 18.4. The lowest BCUT2D eigenvalue weighted by atomic mass is 9.65. The maximum Gasteiger partial charge on any atom is 0.00929 e. The van der Waals surface area contributed by atoms with Crippen LogP contribution in [0.5, 0.6) is 0 Å². The molecule has 0 spiro atoms. The van der Waals surface area contributed by atoms with Gasteiger partial charge in [0.2, 0.25) is 0 Å². The molecule has 1 unspecified atom stereocenters. The Hall–Kier alpha value is -1.56. The molecule has 0 aliphatic rings. The Balaban J connectivity index is 3.23. The maximum absolute atomic E-state index is 2.63. The van der Waals surface area contributed by atoms with Gasteiger partial charge in [-0.25, -0.2) is 0 Å². The number of rotatable bonds is 3. The van der Waals surface area contributed by atoms with Crippen LogP contribution in [-0.4, -0.2) is 0 Å². The van der Waals surface area contributed by atoms with Crippen molar-refractivity contribution in [3.63, 3.8) is 0 Å². The SMILES string of the molecule is CCC(c1cc(C(C)(C)C)c(C(C)(C)C)cc1C(C)(C)C)c1cc(C(C)(C)C)cc(C(C)(C)C)c1C(C)(C)C. The molecule has 1 atom stereocenters. The second kappa shape index (κ2) is 10.4. The van der Waals surface area contributed by atoms with Crippen LogP contribution in [0.15, 0.2) is 24.3 Å². The molecule has 0 amide bonds. The van der Waals surface area contributed by atoms with E-state index in [1.807, 2.05) is 0 Å². The minimum Gasteiger partial charge on any atom is -0.0645 e. The summed E-state index contributed by atoms with van der Waals surface area (Å²) in [6, 6.07) is 10.3. The van der Waals surface area contributed by atoms with Crippen LogP contribution in [0, 0.1) is 0 Å². The van der Waals surface area contributed by atoms with Crippen LogP contribution in [0.25, 0.3) is 0 Å². The number of hydrogen-bond acceptors (Lipinski definition) is 0. The minimum absolute atomic E-state index is 0.0435. The molecule has 39 heavy (non-hydrogen) atoms. The minimum atomic E-state index is 0.0435. The molecule has 2 aromatic rings. The molecule has 0 aliphatic heterocycles. The summed E-state index contributed by atoms with van der Waals surface area (Å²) in [5, 5.41) is 0. The van der Waals surface area contributed by atoms with Gasteiger partial charge in [-0.15, -0.1) is 0 Å². The summed E-state index contributed by atoms with van der Waals surface area (Å²) in [6.45, 7) is 45.4. The first kappa shape index (κ1) is 33.6. The normalized spacial score (nSPS) is 15.1. The number of benzene rings is 2. The smallest absolute Gasteiger partial charge is 0.00929 e. The summed E-state index contributed by atoms with van der Waals surface area (Å²) >= 11 is 0. The summed E-state index contributed by atoms with van der Waals surface area (Å²) in [5.74, 6) is 0.340. The third kappa shape index (κ3) is 7.40. The highest BCUT2D eigenvalue weighted by molar-refractivity contribution is 5.56. The first-order chi connectivity index (χ1) is 17.1. The van der Waals surface area contributed by atoms with E-state index in [9.17, 15) is 0 Å². The topological polar surface area (TPSA) is 0 Å². The summed E-state index contributed by atoms with van der Waals surface area (Å²) in [5.41, 5.74) is 12.5. The lowest BCUT2D eigenvalue weighted by Gasteiger charge is -2.39. The highest BCUT2D eigenvalue weighted by atomic mass is 14.4. The van der Waals surface area contributed by atoms with Crippen molar-refractivity contribution >= 4 is 0 Å². The molecule has 0 N–H and O–H groups in total. The Morgan fingerprint density at radius 1 is 0.410 bits per heavy atom. The monoisotopic (exact) mass is 533 g/mol. The van der Waals surface area contributed by atoms with Crippen molar-refractivity contribution in [2.45, 2.75) is 176 Å². The molecular formula is C39H64. The zero-order valence-corrected chi connectivity index (χ0v) is 29.6. The van der Waals surface area contributed by atoms with E-state index in [0.29, 0.717) is 5.92 Å². The third-order valence-corrected chi connectivity index (χ3v) is 8.37. The fourth-order valence-corrected chi connectivity index (χ4v) is 6.20. The Morgan fingerprint density at radius 2 is 0.821 bits per heavy atom. The molecule has 0 saturated heterocycles. The first-order valence-corrected chi connectivity index (χ1v) is 15.5. The van der Waals surface area contributed by atoms with E-state index in [1.54, 1.807) is 5.56 Å². The molecule has 0 saturated carbocycles. The fraction of sp³-hybridized carbons (Fsp3) is 0.692. The molecular weight excluding hydrogens is 468 g/mol. The zero-order valence-electron chi connectivity index (χ0n) is 29.6. The van der Waals surface area contributed by atoms with Crippen molar-refractivity contribution in [3.8, 4) is 0 Å². The van der Waals surface area contributed by atoms with E-state index in [2.05, 4.69) is 156 Å². The van der Waals surface area contributed by atoms with Crippen molar-refractivity contribution < 1.29 is 0 Å². The van der Waals surface area contributed by atoms with Gasteiger partial charge in [0, 0.05) is 5.92 Å². The van der Waals surface area contributed by atoms with Crippen molar-refractivity contribution in [2.24, 2.45) is 0 Å². The summed E-state index contributed by atoms with van der Waals surface area (Å²) < 4.78 is 0. The van der Waals surface area contributed by atoms with E-state index in [0.717, 1.165) is 6.42 Å². The molecule has 220 valence electrons. The first-order valence-electron chi connectivity index (χ1n) is 15.5. The van der Waals surface area contributed by atoms with Gasteiger partial charge >= 0.3 is 0 Å². The summed E-state index contributed by atoms with van der Waals surface area (Å²) in [6.07, 6.45) is 1.09. The molecule has 0 aromatic heterocycles. The molecule has 0 aliphatic carbocycles. The van der Waals surface area contributed by atoms with Crippen molar-refractivity contribution in [3.05, 3.63) is 68.8 Å². The average molecular weight is 533 g/mol. The molecule has 2 aromatic carbocycles. The van der Waals surface area contributed by atoms with E-state index in [1.165, 1.54) is 38.9 Å². The average Bonchev–Trinajstić information content (AvgIpc) is 2.69. The van der Waals surface area contributed by atoms with E-state index >= 15 is 0 Å². The van der Waals surface area contributed by atoms with E-state index < -0.39 is 0 Å². The van der Waals surface area contributed by atoms with E-state index in [4.69, 9.17) is 0 Å². The van der Waals surface area contributed by atoms with Gasteiger partial charge in [0.25, 0.3) is 0 Å². The van der Waals surface area contributed by atoms with Gasteiger partial charge in [0.15, 0.2) is 0 Å². The van der Waals surface area contributed by atoms with Gasteiger partial charge in [-0.2, -0.15) is 0 Å². The standard InChI is InChI=1S/C39H64/c1-20-26(27-23-30(36(8,9)10)31(37(11,12)13)24-29(27)35(5,6)7)28-21-25(34(2,3)4)22-32(38(14,15)16)33(28)39(17,18)19/h21-24,26H,20H2,1-19H3. The Labute approximate surface area is 244 Å². The maximum atomic E-state index is 2.63. The molecule has 0 bridgehead atoms. The van der Waals surface area contributed by atoms with Crippen LogP contribution < -0.4 is 0 Å². The second-order valence-corrected chi connectivity index (χ2v) is 18.4. The van der Waals surface area contributed by atoms with Crippen molar-refractivity contribution in [1.82, 2.24) is 0 Å². The van der Waals surface area contributed by atoms with Gasteiger partial charge in [-0.05, 0) is 83.4 Å². The van der Waals surface area contributed by atoms with Gasteiger partial charge in [-0.1, -0.05) is 156 Å². The highest BCUT2D eigenvalue weighted by Crippen LogP contribution is 2.48. The van der Waals surface area contributed by atoms with Gasteiger partial charge < -0.3 is 0 Å². The predicted octanol–water partition coefficient (Wildman–Crippen LogP) is 12.0. The Bertz CT molecular complexity index is 1160. The molecule has 0 radical (unpaired) electrons. The summed E-state index contributed by atoms with van der Waals surface area (Å²) in [4.78, 5) is 0. The lowest BCUT2D eigenvalue weighted by molar-refractivity contribution is 0.506. The van der Waals surface area contributed by atoms with Gasteiger partial charge in [0.05, 0.1) is 0 Å². The van der Waals surface area contributed by atoms with Gasteiger partial charge in [0.1, 0.15) is 0 Å². The fourth-order valence-electron chi connectivity index (χ4n) is 6.20. The van der Waals surface area contributed by atoms with Crippen LogP contribution in [0.4, 0.5) is 0 Å². The molecule has 0 heterocycles.